The number of hydrogen-bond acceptors (Lipinski definition) is 2. The van der Waals surface area contributed by atoms with Crippen molar-refractivity contribution in [2.75, 3.05) is 7.05 Å². The molecule has 0 aromatic heterocycles. The Morgan fingerprint density at radius 3 is 2.56 bits per heavy atom. The SMILES string of the molecule is CCC(=O)/C=C(\C)NC. The van der Waals surface area contributed by atoms with Gasteiger partial charge in [0.25, 0.3) is 0 Å². The van der Waals surface area contributed by atoms with Crippen LogP contribution in [0.15, 0.2) is 11.8 Å². The lowest BCUT2D eigenvalue weighted by Crippen LogP contribution is -2.04. The quantitative estimate of drug-likeness (QED) is 0.575. The number of rotatable bonds is 3. The van der Waals surface area contributed by atoms with E-state index < -0.39 is 0 Å². The van der Waals surface area contributed by atoms with Crippen LogP contribution in [0.3, 0.4) is 0 Å². The van der Waals surface area contributed by atoms with Crippen molar-refractivity contribution in [3.63, 3.8) is 0 Å². The summed E-state index contributed by atoms with van der Waals surface area (Å²) in [6, 6.07) is 0. The summed E-state index contributed by atoms with van der Waals surface area (Å²) in [6.07, 6.45) is 2.19. The average molecular weight is 127 g/mol. The molecule has 2 nitrogen and oxygen atoms in total. The average Bonchev–Trinajstić information content (AvgIpc) is 1.87. The molecular formula is C7H13NO. The Labute approximate surface area is 56.0 Å². The predicted molar refractivity (Wildman–Crippen MR) is 38.1 cm³/mol. The van der Waals surface area contributed by atoms with Crippen LogP contribution in [0.25, 0.3) is 0 Å². The highest BCUT2D eigenvalue weighted by molar-refractivity contribution is 5.89. The van der Waals surface area contributed by atoms with E-state index in [1.807, 2.05) is 13.8 Å². The van der Waals surface area contributed by atoms with Gasteiger partial charge in [0.15, 0.2) is 5.78 Å². The van der Waals surface area contributed by atoms with Crippen LogP contribution >= 0.6 is 0 Å². The summed E-state index contributed by atoms with van der Waals surface area (Å²) in [6.45, 7) is 3.72. The van der Waals surface area contributed by atoms with Gasteiger partial charge in [0.05, 0.1) is 0 Å². The maximum absolute atomic E-state index is 10.7. The van der Waals surface area contributed by atoms with Crippen LogP contribution in [-0.2, 0) is 4.79 Å². The van der Waals surface area contributed by atoms with Crippen LogP contribution < -0.4 is 5.32 Å². The lowest BCUT2D eigenvalue weighted by Gasteiger charge is -1.95. The van der Waals surface area contributed by atoms with Crippen molar-refractivity contribution in [2.45, 2.75) is 20.3 Å². The molecule has 0 heterocycles. The minimum absolute atomic E-state index is 0.168. The number of nitrogens with one attached hydrogen (secondary N) is 1. The summed E-state index contributed by atoms with van der Waals surface area (Å²) in [5.41, 5.74) is 0.918. The van der Waals surface area contributed by atoms with Gasteiger partial charge in [0, 0.05) is 19.2 Å². The summed E-state index contributed by atoms with van der Waals surface area (Å²) < 4.78 is 0. The molecule has 0 aliphatic carbocycles. The fraction of sp³-hybridized carbons (Fsp3) is 0.571. The number of hydrogen-bond donors (Lipinski definition) is 1. The summed E-state index contributed by atoms with van der Waals surface area (Å²) in [5, 5.41) is 2.87. The zero-order chi connectivity index (χ0) is 7.28. The summed E-state index contributed by atoms with van der Waals surface area (Å²) in [7, 11) is 1.80. The van der Waals surface area contributed by atoms with Crippen molar-refractivity contribution in [2.24, 2.45) is 0 Å². The molecule has 52 valence electrons. The fourth-order valence-corrected chi connectivity index (χ4v) is 0.416. The number of ketones is 1. The molecule has 0 amide bonds. The van der Waals surface area contributed by atoms with Gasteiger partial charge in [0.2, 0.25) is 0 Å². The number of allylic oxidation sites excluding steroid dienone is 2. The molecule has 0 aromatic carbocycles. The van der Waals surface area contributed by atoms with E-state index in [1.54, 1.807) is 13.1 Å². The number of carbonyl (C=O) groups excluding carboxylic acids is 1. The second-order valence-corrected chi connectivity index (χ2v) is 1.90. The molecule has 0 fully saturated rings. The van der Waals surface area contributed by atoms with Crippen molar-refractivity contribution < 1.29 is 4.79 Å². The highest BCUT2D eigenvalue weighted by Crippen LogP contribution is 1.88. The first-order valence-corrected chi connectivity index (χ1v) is 3.09. The maximum atomic E-state index is 10.7. The predicted octanol–water partition coefficient (Wildman–Crippen LogP) is 1.09. The molecule has 0 rings (SSSR count). The fourth-order valence-electron chi connectivity index (χ4n) is 0.416. The lowest BCUT2D eigenvalue weighted by atomic mass is 10.3. The van der Waals surface area contributed by atoms with E-state index in [0.29, 0.717) is 6.42 Å². The summed E-state index contributed by atoms with van der Waals surface area (Å²) in [4.78, 5) is 10.7. The van der Waals surface area contributed by atoms with E-state index in [9.17, 15) is 4.79 Å². The Kier molecular flexibility index (Phi) is 3.76. The van der Waals surface area contributed by atoms with Crippen LogP contribution in [-0.4, -0.2) is 12.8 Å². The van der Waals surface area contributed by atoms with Gasteiger partial charge < -0.3 is 5.32 Å². The van der Waals surface area contributed by atoms with Crippen molar-refractivity contribution >= 4 is 5.78 Å². The molecule has 1 N–H and O–H groups in total. The molecule has 2 heteroatoms. The zero-order valence-corrected chi connectivity index (χ0v) is 6.19. The largest absolute Gasteiger partial charge is 0.392 e. The molecule has 0 aromatic rings. The van der Waals surface area contributed by atoms with E-state index >= 15 is 0 Å². The molecule has 0 atom stereocenters. The van der Waals surface area contributed by atoms with Crippen molar-refractivity contribution in [3.05, 3.63) is 11.8 Å². The molecule has 0 radical (unpaired) electrons. The molecule has 0 saturated heterocycles. The van der Waals surface area contributed by atoms with Gasteiger partial charge in [-0.2, -0.15) is 0 Å². The monoisotopic (exact) mass is 127 g/mol. The third-order valence-corrected chi connectivity index (χ3v) is 1.12. The van der Waals surface area contributed by atoms with Crippen LogP contribution in [0.2, 0.25) is 0 Å². The third kappa shape index (κ3) is 3.76. The van der Waals surface area contributed by atoms with Crippen molar-refractivity contribution in [3.8, 4) is 0 Å². The second-order valence-electron chi connectivity index (χ2n) is 1.90. The van der Waals surface area contributed by atoms with E-state index in [2.05, 4.69) is 5.32 Å². The van der Waals surface area contributed by atoms with Crippen LogP contribution in [0.4, 0.5) is 0 Å². The topological polar surface area (TPSA) is 29.1 Å². The van der Waals surface area contributed by atoms with Crippen molar-refractivity contribution in [1.29, 1.82) is 0 Å². The zero-order valence-electron chi connectivity index (χ0n) is 6.19. The minimum Gasteiger partial charge on any atom is -0.392 e. The Morgan fingerprint density at radius 2 is 2.22 bits per heavy atom. The van der Waals surface area contributed by atoms with E-state index in [4.69, 9.17) is 0 Å². The Morgan fingerprint density at radius 1 is 1.67 bits per heavy atom. The van der Waals surface area contributed by atoms with Crippen LogP contribution in [0, 0.1) is 0 Å². The number of carbonyl (C=O) groups is 1. The molecule has 0 bridgehead atoms. The maximum Gasteiger partial charge on any atom is 0.157 e. The summed E-state index contributed by atoms with van der Waals surface area (Å²) >= 11 is 0. The standard InChI is InChI=1S/C7H13NO/c1-4-7(9)5-6(2)8-3/h5,8H,4H2,1-3H3/b6-5+. The first kappa shape index (κ1) is 8.21. The molecule has 0 unspecified atom stereocenters. The van der Waals surface area contributed by atoms with Gasteiger partial charge in [0.1, 0.15) is 0 Å². The van der Waals surface area contributed by atoms with E-state index in [1.165, 1.54) is 0 Å². The van der Waals surface area contributed by atoms with Gasteiger partial charge in [-0.1, -0.05) is 6.92 Å². The Balaban J connectivity index is 3.79. The lowest BCUT2D eigenvalue weighted by molar-refractivity contribution is -0.114. The molecular weight excluding hydrogens is 114 g/mol. The van der Waals surface area contributed by atoms with E-state index in [-0.39, 0.29) is 5.78 Å². The minimum atomic E-state index is 0.168. The highest BCUT2D eigenvalue weighted by Gasteiger charge is 1.90. The van der Waals surface area contributed by atoms with Gasteiger partial charge >= 0.3 is 0 Å². The van der Waals surface area contributed by atoms with E-state index in [0.717, 1.165) is 5.70 Å². The van der Waals surface area contributed by atoms with Gasteiger partial charge in [-0.3, -0.25) is 4.79 Å². The van der Waals surface area contributed by atoms with Crippen LogP contribution in [0.1, 0.15) is 20.3 Å². The molecule has 0 saturated carbocycles. The van der Waals surface area contributed by atoms with Gasteiger partial charge in [-0.25, -0.2) is 0 Å². The second kappa shape index (κ2) is 4.13. The molecule has 0 spiro atoms. The first-order chi connectivity index (χ1) is 4.20. The van der Waals surface area contributed by atoms with Gasteiger partial charge in [-0.05, 0) is 13.0 Å². The smallest absolute Gasteiger partial charge is 0.157 e. The van der Waals surface area contributed by atoms with Crippen molar-refractivity contribution in [1.82, 2.24) is 5.32 Å². The Bertz CT molecular complexity index is 127. The molecule has 0 aliphatic rings. The molecule has 9 heavy (non-hydrogen) atoms. The Hall–Kier alpha value is -0.790. The first-order valence-electron chi connectivity index (χ1n) is 3.09. The van der Waals surface area contributed by atoms with Crippen LogP contribution in [0.5, 0.6) is 0 Å². The summed E-state index contributed by atoms with van der Waals surface area (Å²) in [5.74, 6) is 0.168. The van der Waals surface area contributed by atoms with Gasteiger partial charge in [-0.15, -0.1) is 0 Å². The highest BCUT2D eigenvalue weighted by atomic mass is 16.1. The third-order valence-electron chi connectivity index (χ3n) is 1.12. The molecule has 0 aliphatic heterocycles. The normalized spacial score (nSPS) is 11.2.